The summed E-state index contributed by atoms with van der Waals surface area (Å²) in [6, 6.07) is 10.3. The van der Waals surface area contributed by atoms with Gasteiger partial charge in [0.1, 0.15) is 11.6 Å². The molecule has 0 saturated heterocycles. The highest BCUT2D eigenvalue weighted by molar-refractivity contribution is 9.10. The Morgan fingerprint density at radius 3 is 2.56 bits per heavy atom. The van der Waals surface area contributed by atoms with Crippen LogP contribution in [0.25, 0.3) is 0 Å². The molecular formula is C14H11BrF2O. The van der Waals surface area contributed by atoms with Gasteiger partial charge in [0.25, 0.3) is 0 Å². The zero-order valence-corrected chi connectivity index (χ0v) is 11.0. The van der Waals surface area contributed by atoms with E-state index < -0.39 is 11.9 Å². The number of benzene rings is 2. The first-order chi connectivity index (χ1) is 8.58. The molecule has 1 nitrogen and oxygen atoms in total. The van der Waals surface area contributed by atoms with Crippen molar-refractivity contribution in [1.82, 2.24) is 0 Å². The van der Waals surface area contributed by atoms with Gasteiger partial charge in [0.15, 0.2) is 0 Å². The van der Waals surface area contributed by atoms with Gasteiger partial charge in [-0.1, -0.05) is 34.1 Å². The molecular weight excluding hydrogens is 302 g/mol. The third kappa shape index (κ3) is 2.94. The lowest BCUT2D eigenvalue weighted by molar-refractivity contribution is 0.176. The number of aliphatic hydroxyl groups is 1. The molecule has 0 fully saturated rings. The molecule has 0 aliphatic carbocycles. The van der Waals surface area contributed by atoms with Gasteiger partial charge in [-0.05, 0) is 35.4 Å². The number of aliphatic hydroxyl groups excluding tert-OH is 1. The number of rotatable bonds is 3. The van der Waals surface area contributed by atoms with Crippen molar-refractivity contribution < 1.29 is 13.9 Å². The molecule has 0 spiro atoms. The standard InChI is InChI=1S/C14H11BrF2O/c15-12-6-5-10(16)8-11(12)14(18)7-9-3-1-2-4-13(9)17/h1-6,8,14,18H,7H2. The van der Waals surface area contributed by atoms with Gasteiger partial charge in [0, 0.05) is 10.9 Å². The van der Waals surface area contributed by atoms with Crippen LogP contribution in [-0.2, 0) is 6.42 Å². The first kappa shape index (κ1) is 13.2. The van der Waals surface area contributed by atoms with E-state index in [9.17, 15) is 13.9 Å². The lowest BCUT2D eigenvalue weighted by Gasteiger charge is -2.13. The van der Waals surface area contributed by atoms with Crippen molar-refractivity contribution in [2.24, 2.45) is 0 Å². The monoisotopic (exact) mass is 312 g/mol. The molecule has 0 amide bonds. The average Bonchev–Trinajstić information content (AvgIpc) is 2.35. The molecule has 1 atom stereocenters. The lowest BCUT2D eigenvalue weighted by atomic mass is 10.0. The highest BCUT2D eigenvalue weighted by atomic mass is 79.9. The van der Waals surface area contributed by atoms with Crippen LogP contribution in [0.4, 0.5) is 8.78 Å². The van der Waals surface area contributed by atoms with E-state index in [0.29, 0.717) is 15.6 Å². The minimum absolute atomic E-state index is 0.106. The van der Waals surface area contributed by atoms with Crippen LogP contribution in [0.2, 0.25) is 0 Å². The molecule has 0 saturated carbocycles. The summed E-state index contributed by atoms with van der Waals surface area (Å²) in [7, 11) is 0. The maximum atomic E-state index is 13.4. The summed E-state index contributed by atoms with van der Waals surface area (Å²) in [5.74, 6) is -0.801. The van der Waals surface area contributed by atoms with Crippen molar-refractivity contribution in [3.05, 3.63) is 69.7 Å². The van der Waals surface area contributed by atoms with Gasteiger partial charge in [-0.25, -0.2) is 8.78 Å². The summed E-state index contributed by atoms with van der Waals surface area (Å²) >= 11 is 3.24. The largest absolute Gasteiger partial charge is 0.388 e. The van der Waals surface area contributed by atoms with Crippen LogP contribution in [0.3, 0.4) is 0 Å². The Hall–Kier alpha value is -1.26. The fourth-order valence-corrected chi connectivity index (χ4v) is 2.26. The van der Waals surface area contributed by atoms with Crippen molar-refractivity contribution in [3.63, 3.8) is 0 Å². The van der Waals surface area contributed by atoms with Crippen LogP contribution in [0.1, 0.15) is 17.2 Å². The molecule has 94 valence electrons. The van der Waals surface area contributed by atoms with E-state index >= 15 is 0 Å². The second-order valence-corrected chi connectivity index (χ2v) is 4.83. The quantitative estimate of drug-likeness (QED) is 0.908. The van der Waals surface area contributed by atoms with E-state index in [4.69, 9.17) is 0 Å². The Morgan fingerprint density at radius 2 is 1.83 bits per heavy atom. The van der Waals surface area contributed by atoms with Crippen molar-refractivity contribution in [2.45, 2.75) is 12.5 Å². The minimum Gasteiger partial charge on any atom is -0.388 e. The Kier molecular flexibility index (Phi) is 4.09. The fourth-order valence-electron chi connectivity index (χ4n) is 1.75. The van der Waals surface area contributed by atoms with Crippen molar-refractivity contribution in [1.29, 1.82) is 0 Å². The van der Waals surface area contributed by atoms with Crippen LogP contribution in [0.15, 0.2) is 46.9 Å². The molecule has 0 aliphatic rings. The maximum absolute atomic E-state index is 13.4. The number of halogens is 3. The van der Waals surface area contributed by atoms with Crippen LogP contribution >= 0.6 is 15.9 Å². The molecule has 0 aromatic heterocycles. The average molecular weight is 313 g/mol. The predicted molar refractivity (Wildman–Crippen MR) is 69.2 cm³/mol. The smallest absolute Gasteiger partial charge is 0.126 e. The summed E-state index contributed by atoms with van der Waals surface area (Å²) in [4.78, 5) is 0. The molecule has 2 aromatic rings. The van der Waals surface area contributed by atoms with Gasteiger partial charge in [-0.3, -0.25) is 0 Å². The molecule has 1 unspecified atom stereocenters. The first-order valence-corrected chi connectivity index (χ1v) is 6.23. The van der Waals surface area contributed by atoms with E-state index in [1.54, 1.807) is 18.2 Å². The minimum atomic E-state index is -0.952. The molecule has 0 bridgehead atoms. The van der Waals surface area contributed by atoms with Crippen LogP contribution in [-0.4, -0.2) is 5.11 Å². The molecule has 0 aliphatic heterocycles. The third-order valence-electron chi connectivity index (χ3n) is 2.69. The lowest BCUT2D eigenvalue weighted by Crippen LogP contribution is -2.04. The molecule has 2 rings (SSSR count). The summed E-state index contributed by atoms with van der Waals surface area (Å²) in [6.45, 7) is 0. The van der Waals surface area contributed by atoms with Crippen LogP contribution in [0.5, 0.6) is 0 Å². The van der Waals surface area contributed by atoms with E-state index in [0.717, 1.165) is 0 Å². The summed E-state index contributed by atoms with van der Waals surface area (Å²) in [6.07, 6.45) is -0.846. The summed E-state index contributed by atoms with van der Waals surface area (Å²) in [5, 5.41) is 10.0. The highest BCUT2D eigenvalue weighted by Gasteiger charge is 2.14. The SMILES string of the molecule is OC(Cc1ccccc1F)c1cc(F)ccc1Br. The van der Waals surface area contributed by atoms with E-state index in [-0.39, 0.29) is 12.2 Å². The zero-order chi connectivity index (χ0) is 13.1. The molecule has 2 aromatic carbocycles. The second-order valence-electron chi connectivity index (χ2n) is 3.98. The molecule has 1 N–H and O–H groups in total. The van der Waals surface area contributed by atoms with Crippen LogP contribution < -0.4 is 0 Å². The summed E-state index contributed by atoms with van der Waals surface area (Å²) in [5.41, 5.74) is 0.819. The van der Waals surface area contributed by atoms with Crippen molar-refractivity contribution >= 4 is 15.9 Å². The molecule has 0 heterocycles. The first-order valence-electron chi connectivity index (χ1n) is 5.44. The highest BCUT2D eigenvalue weighted by Crippen LogP contribution is 2.27. The fraction of sp³-hybridized carbons (Fsp3) is 0.143. The Balaban J connectivity index is 2.25. The van der Waals surface area contributed by atoms with E-state index in [2.05, 4.69) is 15.9 Å². The van der Waals surface area contributed by atoms with Gasteiger partial charge in [-0.15, -0.1) is 0 Å². The third-order valence-corrected chi connectivity index (χ3v) is 3.41. The Bertz CT molecular complexity index is 557. The van der Waals surface area contributed by atoms with Gasteiger partial charge in [0.05, 0.1) is 6.10 Å². The van der Waals surface area contributed by atoms with Gasteiger partial charge in [0.2, 0.25) is 0 Å². The molecule has 18 heavy (non-hydrogen) atoms. The zero-order valence-electron chi connectivity index (χ0n) is 9.41. The Morgan fingerprint density at radius 1 is 1.11 bits per heavy atom. The van der Waals surface area contributed by atoms with Crippen molar-refractivity contribution in [3.8, 4) is 0 Å². The maximum Gasteiger partial charge on any atom is 0.126 e. The predicted octanol–water partition coefficient (Wildman–Crippen LogP) is 4.00. The van der Waals surface area contributed by atoms with Gasteiger partial charge >= 0.3 is 0 Å². The molecule has 4 heteroatoms. The Labute approximate surface area is 112 Å². The van der Waals surface area contributed by atoms with Gasteiger partial charge < -0.3 is 5.11 Å². The summed E-state index contributed by atoms with van der Waals surface area (Å²) < 4.78 is 27.2. The van der Waals surface area contributed by atoms with E-state index in [1.807, 2.05) is 0 Å². The normalized spacial score (nSPS) is 12.4. The van der Waals surface area contributed by atoms with Crippen LogP contribution in [0, 0.1) is 11.6 Å². The van der Waals surface area contributed by atoms with Crippen molar-refractivity contribution in [2.75, 3.05) is 0 Å². The van der Waals surface area contributed by atoms with E-state index in [1.165, 1.54) is 24.3 Å². The number of hydrogen-bond donors (Lipinski definition) is 1. The molecule has 0 radical (unpaired) electrons. The van der Waals surface area contributed by atoms with Gasteiger partial charge in [-0.2, -0.15) is 0 Å². The second kappa shape index (κ2) is 5.59. The topological polar surface area (TPSA) is 20.2 Å². The number of hydrogen-bond acceptors (Lipinski definition) is 1.